The highest BCUT2D eigenvalue weighted by Crippen LogP contribution is 2.27. The first-order valence-electron chi connectivity index (χ1n) is 4.26. The first kappa shape index (κ1) is 11.1. The molecule has 1 aromatic carbocycles. The van der Waals surface area contributed by atoms with Gasteiger partial charge in [-0.05, 0) is 24.1 Å². The minimum atomic E-state index is -0.984. The molecule has 0 bridgehead atoms. The molecule has 0 aliphatic carbocycles. The largest absolute Gasteiger partial charge is 0.361 e. The van der Waals surface area contributed by atoms with Crippen molar-refractivity contribution in [1.29, 1.82) is 0 Å². The fourth-order valence-electron chi connectivity index (χ4n) is 1.30. The fraction of sp³-hybridized carbons (Fsp3) is 0.300. The lowest BCUT2D eigenvalue weighted by Gasteiger charge is -2.15. The molecular formula is C10H11F2O2. The van der Waals surface area contributed by atoms with Crippen LogP contribution in [0.2, 0.25) is 0 Å². The zero-order chi connectivity index (χ0) is 10.7. The minimum Gasteiger partial charge on any atom is -0.361 e. The Labute approximate surface area is 80.8 Å². The Morgan fingerprint density at radius 1 is 1.29 bits per heavy atom. The third-order valence-electron chi connectivity index (χ3n) is 2.07. The molecule has 0 aliphatic heterocycles. The van der Waals surface area contributed by atoms with Crippen LogP contribution in [0.15, 0.2) is 18.2 Å². The molecule has 1 radical (unpaired) electrons. The SMILES string of the molecule is CCC([C](O)O)c1ccc(F)c(F)c1. The maximum atomic E-state index is 12.8. The highest BCUT2D eigenvalue weighted by atomic mass is 19.2. The van der Waals surface area contributed by atoms with Gasteiger partial charge >= 0.3 is 0 Å². The molecule has 0 saturated carbocycles. The van der Waals surface area contributed by atoms with Crippen LogP contribution in [0.4, 0.5) is 8.78 Å². The number of aliphatic hydroxyl groups excluding tert-OH is 1. The van der Waals surface area contributed by atoms with Crippen molar-refractivity contribution in [2.75, 3.05) is 0 Å². The van der Waals surface area contributed by atoms with Gasteiger partial charge in [0.2, 0.25) is 6.29 Å². The highest BCUT2D eigenvalue weighted by molar-refractivity contribution is 5.24. The third kappa shape index (κ3) is 2.27. The highest BCUT2D eigenvalue weighted by Gasteiger charge is 2.19. The van der Waals surface area contributed by atoms with Crippen molar-refractivity contribution in [2.24, 2.45) is 0 Å². The maximum Gasteiger partial charge on any atom is 0.226 e. The van der Waals surface area contributed by atoms with E-state index in [4.69, 9.17) is 10.2 Å². The van der Waals surface area contributed by atoms with E-state index in [-0.39, 0.29) is 0 Å². The summed E-state index contributed by atoms with van der Waals surface area (Å²) < 4.78 is 25.4. The Morgan fingerprint density at radius 3 is 2.36 bits per heavy atom. The van der Waals surface area contributed by atoms with Gasteiger partial charge in [-0.25, -0.2) is 8.78 Å². The summed E-state index contributed by atoms with van der Waals surface area (Å²) in [7, 11) is 0. The first-order chi connectivity index (χ1) is 6.56. The van der Waals surface area contributed by atoms with Crippen molar-refractivity contribution in [3.05, 3.63) is 41.7 Å². The Bertz CT molecular complexity index is 313. The smallest absolute Gasteiger partial charge is 0.226 e. The van der Waals surface area contributed by atoms with Gasteiger partial charge in [0.25, 0.3) is 0 Å². The summed E-state index contributed by atoms with van der Waals surface area (Å²) >= 11 is 0. The maximum absolute atomic E-state index is 12.8. The zero-order valence-electron chi connectivity index (χ0n) is 7.67. The zero-order valence-corrected chi connectivity index (χ0v) is 7.67. The van der Waals surface area contributed by atoms with Crippen LogP contribution in [0.3, 0.4) is 0 Å². The van der Waals surface area contributed by atoms with Crippen molar-refractivity contribution in [3.63, 3.8) is 0 Å². The van der Waals surface area contributed by atoms with Crippen LogP contribution in [-0.2, 0) is 0 Å². The molecule has 1 unspecified atom stereocenters. The molecule has 1 atom stereocenters. The molecule has 4 heteroatoms. The molecule has 0 saturated heterocycles. The second-order valence-corrected chi connectivity index (χ2v) is 2.99. The molecule has 1 rings (SSSR count). The lowest BCUT2D eigenvalue weighted by Crippen LogP contribution is -2.09. The molecule has 1 aromatic rings. The molecule has 0 aliphatic rings. The molecule has 0 aromatic heterocycles. The number of hydrogen-bond acceptors (Lipinski definition) is 2. The summed E-state index contributed by atoms with van der Waals surface area (Å²) in [4.78, 5) is 0. The fourth-order valence-corrected chi connectivity index (χ4v) is 1.30. The lowest BCUT2D eigenvalue weighted by atomic mass is 9.96. The second-order valence-electron chi connectivity index (χ2n) is 2.99. The van der Waals surface area contributed by atoms with E-state index >= 15 is 0 Å². The van der Waals surface area contributed by atoms with Gasteiger partial charge in [0, 0.05) is 5.92 Å². The van der Waals surface area contributed by atoms with E-state index in [1.165, 1.54) is 6.07 Å². The summed E-state index contributed by atoms with van der Waals surface area (Å²) in [5, 5.41) is 17.8. The summed E-state index contributed by atoms with van der Waals surface area (Å²) in [5.74, 6) is -2.59. The second kappa shape index (κ2) is 4.48. The molecule has 0 fully saturated rings. The summed E-state index contributed by atoms with van der Waals surface area (Å²) in [6.07, 6.45) is -0.369. The predicted octanol–water partition coefficient (Wildman–Crippen LogP) is 2.69. The number of halogens is 2. The van der Waals surface area contributed by atoms with Crippen LogP contribution in [0.5, 0.6) is 0 Å². The van der Waals surface area contributed by atoms with E-state index in [0.29, 0.717) is 12.0 Å². The van der Waals surface area contributed by atoms with E-state index in [1.807, 2.05) is 0 Å². The van der Waals surface area contributed by atoms with Crippen molar-refractivity contribution in [2.45, 2.75) is 19.3 Å². The number of aliphatic hydroxyl groups is 2. The van der Waals surface area contributed by atoms with Gasteiger partial charge < -0.3 is 10.2 Å². The van der Waals surface area contributed by atoms with E-state index in [0.717, 1.165) is 12.1 Å². The van der Waals surface area contributed by atoms with Crippen molar-refractivity contribution in [1.82, 2.24) is 0 Å². The summed E-state index contributed by atoms with van der Waals surface area (Å²) in [6, 6.07) is 3.27. The van der Waals surface area contributed by atoms with Crippen molar-refractivity contribution >= 4 is 0 Å². The average Bonchev–Trinajstić information content (AvgIpc) is 2.11. The van der Waals surface area contributed by atoms with Crippen LogP contribution in [-0.4, -0.2) is 10.2 Å². The Balaban J connectivity index is 3.00. The molecule has 0 amide bonds. The lowest BCUT2D eigenvalue weighted by molar-refractivity contribution is 0.0561. The minimum absolute atomic E-state index is 0.353. The van der Waals surface area contributed by atoms with Gasteiger partial charge in [-0.15, -0.1) is 0 Å². The van der Waals surface area contributed by atoms with Crippen LogP contribution in [0.1, 0.15) is 24.8 Å². The number of rotatable bonds is 3. The standard InChI is InChI=1S/C10H11F2O2/c1-2-7(10(13)14)6-3-4-8(11)9(12)5-6/h3-5,7,13-14H,2H2,1H3. The van der Waals surface area contributed by atoms with Gasteiger partial charge in [-0.1, -0.05) is 13.0 Å². The Morgan fingerprint density at radius 2 is 1.93 bits per heavy atom. The molecule has 2 N–H and O–H groups in total. The third-order valence-corrected chi connectivity index (χ3v) is 2.07. The average molecular weight is 201 g/mol. The van der Waals surface area contributed by atoms with Gasteiger partial charge in [-0.3, -0.25) is 0 Å². The Hall–Kier alpha value is -1.00. The summed E-state index contributed by atoms with van der Waals surface area (Å²) in [5.41, 5.74) is 0.353. The van der Waals surface area contributed by atoms with Crippen molar-refractivity contribution in [3.8, 4) is 0 Å². The topological polar surface area (TPSA) is 40.5 Å². The van der Waals surface area contributed by atoms with Gasteiger partial charge in [0.15, 0.2) is 11.6 Å². The van der Waals surface area contributed by atoms with Gasteiger partial charge in [-0.2, -0.15) is 0 Å². The molecule has 0 heterocycles. The van der Waals surface area contributed by atoms with E-state index in [2.05, 4.69) is 0 Å². The summed E-state index contributed by atoms with van der Waals surface area (Å²) in [6.45, 7) is 1.72. The van der Waals surface area contributed by atoms with Crippen LogP contribution in [0, 0.1) is 17.9 Å². The monoisotopic (exact) mass is 201 g/mol. The van der Waals surface area contributed by atoms with E-state index in [9.17, 15) is 8.78 Å². The van der Waals surface area contributed by atoms with Crippen molar-refractivity contribution < 1.29 is 19.0 Å². The molecule has 2 nitrogen and oxygen atoms in total. The first-order valence-corrected chi connectivity index (χ1v) is 4.26. The van der Waals surface area contributed by atoms with Crippen LogP contribution in [0.25, 0.3) is 0 Å². The number of hydrogen-bond donors (Lipinski definition) is 2. The predicted molar refractivity (Wildman–Crippen MR) is 46.5 cm³/mol. The molecule has 14 heavy (non-hydrogen) atoms. The number of benzene rings is 1. The normalized spacial score (nSPS) is 13.3. The molecule has 0 spiro atoms. The van der Waals surface area contributed by atoms with E-state index < -0.39 is 23.8 Å². The quantitative estimate of drug-likeness (QED) is 0.789. The Kier molecular flexibility index (Phi) is 3.55. The van der Waals surface area contributed by atoms with Gasteiger partial charge in [0.05, 0.1) is 0 Å². The molecule has 77 valence electrons. The van der Waals surface area contributed by atoms with Crippen LogP contribution < -0.4 is 0 Å². The van der Waals surface area contributed by atoms with E-state index in [1.54, 1.807) is 6.92 Å². The van der Waals surface area contributed by atoms with Crippen LogP contribution >= 0.6 is 0 Å². The molecular weight excluding hydrogens is 190 g/mol. The van der Waals surface area contributed by atoms with Gasteiger partial charge in [0.1, 0.15) is 0 Å².